The molecule has 0 aliphatic rings. The Morgan fingerprint density at radius 3 is 2.73 bits per heavy atom. The molecule has 1 unspecified atom stereocenters. The van der Waals surface area contributed by atoms with Crippen LogP contribution in [0.2, 0.25) is 0 Å². The third-order valence-corrected chi connectivity index (χ3v) is 2.73. The zero-order valence-electron chi connectivity index (χ0n) is 9.07. The Morgan fingerprint density at radius 2 is 2.27 bits per heavy atom. The van der Waals surface area contributed by atoms with Gasteiger partial charge in [0.05, 0.1) is 0 Å². The van der Waals surface area contributed by atoms with Gasteiger partial charge in [0, 0.05) is 22.4 Å². The number of nitrogens with zero attached hydrogens (tertiary/aromatic N) is 2. The van der Waals surface area contributed by atoms with E-state index in [1.165, 1.54) is 0 Å². The van der Waals surface area contributed by atoms with Crippen LogP contribution >= 0.6 is 22.6 Å². The minimum absolute atomic E-state index is 0.162. The molecule has 0 aromatic carbocycles. The zero-order chi connectivity index (χ0) is 11.6. The molecule has 5 heteroatoms. The molecule has 1 atom stereocenters. The number of halogens is 1. The minimum Gasteiger partial charge on any atom is -0.477 e. The molecule has 0 bridgehead atoms. The van der Waals surface area contributed by atoms with E-state index in [0.29, 0.717) is 5.69 Å². The van der Waals surface area contributed by atoms with Gasteiger partial charge >= 0.3 is 5.97 Å². The van der Waals surface area contributed by atoms with Crippen LogP contribution in [0.3, 0.4) is 0 Å². The van der Waals surface area contributed by atoms with Crippen molar-refractivity contribution in [3.05, 3.63) is 21.5 Å². The second kappa shape index (κ2) is 4.98. The van der Waals surface area contributed by atoms with Gasteiger partial charge in [0.25, 0.3) is 0 Å². The average Bonchev–Trinajstić information content (AvgIpc) is 2.46. The summed E-state index contributed by atoms with van der Waals surface area (Å²) >= 11 is 2.13. The Hall–Kier alpha value is -0.560. The first-order valence-electron chi connectivity index (χ1n) is 4.67. The van der Waals surface area contributed by atoms with Gasteiger partial charge in [-0.25, -0.2) is 4.79 Å². The van der Waals surface area contributed by atoms with E-state index in [1.54, 1.807) is 6.07 Å². The first kappa shape index (κ1) is 12.5. The van der Waals surface area contributed by atoms with Crippen LogP contribution in [0.5, 0.6) is 0 Å². The summed E-state index contributed by atoms with van der Waals surface area (Å²) in [5.74, 6) is -0.872. The molecular weight excluding hydrogens is 307 g/mol. The van der Waals surface area contributed by atoms with Gasteiger partial charge in [0.2, 0.25) is 0 Å². The Labute approximate surface area is 103 Å². The predicted molar refractivity (Wildman–Crippen MR) is 67.4 cm³/mol. The molecule has 15 heavy (non-hydrogen) atoms. The fourth-order valence-electron chi connectivity index (χ4n) is 1.60. The number of carboxylic acid groups (broad SMARTS) is 1. The number of rotatable bonds is 4. The maximum atomic E-state index is 11.0. The molecule has 1 aromatic heterocycles. The average molecular weight is 322 g/mol. The van der Waals surface area contributed by atoms with E-state index >= 15 is 0 Å². The quantitative estimate of drug-likeness (QED) is 0.862. The Balaban J connectivity index is 2.96. The van der Waals surface area contributed by atoms with Crippen molar-refractivity contribution in [3.8, 4) is 0 Å². The van der Waals surface area contributed by atoms with Crippen LogP contribution in [0.4, 0.5) is 0 Å². The van der Waals surface area contributed by atoms with Crippen LogP contribution in [-0.4, -0.2) is 41.2 Å². The SMILES string of the molecule is CC(CN(C)C)n1cc(I)cc1C(=O)O. The second-order valence-corrected chi connectivity index (χ2v) is 5.11. The largest absolute Gasteiger partial charge is 0.477 e. The number of likely N-dealkylation sites (N-methyl/N-ethyl adjacent to an activating group) is 1. The Kier molecular flexibility index (Phi) is 4.15. The lowest BCUT2D eigenvalue weighted by atomic mass is 10.3. The van der Waals surface area contributed by atoms with E-state index < -0.39 is 5.97 Å². The van der Waals surface area contributed by atoms with Crippen molar-refractivity contribution in [2.24, 2.45) is 0 Å². The number of carboxylic acids is 1. The van der Waals surface area contributed by atoms with Crippen molar-refractivity contribution in [1.82, 2.24) is 9.47 Å². The monoisotopic (exact) mass is 322 g/mol. The third-order valence-electron chi connectivity index (χ3n) is 2.14. The van der Waals surface area contributed by atoms with Crippen molar-refractivity contribution < 1.29 is 9.90 Å². The van der Waals surface area contributed by atoms with Crippen LogP contribution < -0.4 is 0 Å². The van der Waals surface area contributed by atoms with Crippen LogP contribution in [0.1, 0.15) is 23.5 Å². The van der Waals surface area contributed by atoms with Gasteiger partial charge in [0.1, 0.15) is 5.69 Å². The first-order valence-corrected chi connectivity index (χ1v) is 5.75. The number of aromatic carboxylic acids is 1. The molecular formula is C10H15IN2O2. The van der Waals surface area contributed by atoms with Crippen LogP contribution in [0.15, 0.2) is 12.3 Å². The van der Waals surface area contributed by atoms with Gasteiger partial charge in [-0.15, -0.1) is 0 Å². The van der Waals surface area contributed by atoms with E-state index in [9.17, 15) is 4.79 Å². The minimum atomic E-state index is -0.872. The molecule has 0 spiro atoms. The smallest absolute Gasteiger partial charge is 0.352 e. The highest BCUT2D eigenvalue weighted by atomic mass is 127. The summed E-state index contributed by atoms with van der Waals surface area (Å²) in [6, 6.07) is 1.85. The third kappa shape index (κ3) is 3.20. The van der Waals surface area contributed by atoms with Gasteiger partial charge in [0.15, 0.2) is 0 Å². The highest BCUT2D eigenvalue weighted by Crippen LogP contribution is 2.17. The molecule has 1 aromatic rings. The van der Waals surface area contributed by atoms with E-state index in [0.717, 1.165) is 10.1 Å². The number of hydrogen-bond acceptors (Lipinski definition) is 2. The van der Waals surface area contributed by atoms with Gasteiger partial charge < -0.3 is 14.6 Å². The second-order valence-electron chi connectivity index (χ2n) is 3.87. The summed E-state index contributed by atoms with van der Waals surface area (Å²) in [5.41, 5.74) is 0.355. The molecule has 1 N–H and O–H groups in total. The van der Waals surface area contributed by atoms with Crippen molar-refractivity contribution in [2.45, 2.75) is 13.0 Å². The molecule has 0 aliphatic heterocycles. The normalized spacial score (nSPS) is 13.1. The van der Waals surface area contributed by atoms with Crippen molar-refractivity contribution in [2.75, 3.05) is 20.6 Å². The fourth-order valence-corrected chi connectivity index (χ4v) is 2.19. The summed E-state index contributed by atoms with van der Waals surface area (Å²) in [6.07, 6.45) is 1.87. The van der Waals surface area contributed by atoms with E-state index in [-0.39, 0.29) is 6.04 Å². The molecule has 0 radical (unpaired) electrons. The first-order chi connectivity index (χ1) is 6.91. The molecule has 0 saturated carbocycles. The topological polar surface area (TPSA) is 45.5 Å². The van der Waals surface area contributed by atoms with Crippen molar-refractivity contribution in [1.29, 1.82) is 0 Å². The predicted octanol–water partition coefficient (Wildman–Crippen LogP) is 1.91. The summed E-state index contributed by atoms with van der Waals surface area (Å²) in [7, 11) is 3.96. The Morgan fingerprint density at radius 1 is 1.67 bits per heavy atom. The van der Waals surface area contributed by atoms with Crippen LogP contribution in [0.25, 0.3) is 0 Å². The molecule has 1 heterocycles. The van der Waals surface area contributed by atoms with Gasteiger partial charge in [-0.3, -0.25) is 0 Å². The number of hydrogen-bond donors (Lipinski definition) is 1. The molecule has 0 saturated heterocycles. The Bertz CT molecular complexity index is 360. The highest BCUT2D eigenvalue weighted by molar-refractivity contribution is 14.1. The summed E-state index contributed by atoms with van der Waals surface area (Å²) < 4.78 is 2.76. The van der Waals surface area contributed by atoms with E-state index in [2.05, 4.69) is 22.6 Å². The maximum absolute atomic E-state index is 11.0. The lowest BCUT2D eigenvalue weighted by Crippen LogP contribution is -2.24. The number of carbonyl (C=O) groups is 1. The number of aromatic nitrogens is 1. The van der Waals surface area contributed by atoms with Crippen molar-refractivity contribution >= 4 is 28.6 Å². The molecule has 84 valence electrons. The molecule has 0 fully saturated rings. The lowest BCUT2D eigenvalue weighted by Gasteiger charge is -2.19. The summed E-state index contributed by atoms with van der Waals surface area (Å²) in [4.78, 5) is 13.0. The molecule has 0 amide bonds. The molecule has 1 rings (SSSR count). The summed E-state index contributed by atoms with van der Waals surface area (Å²) in [6.45, 7) is 2.84. The maximum Gasteiger partial charge on any atom is 0.352 e. The van der Waals surface area contributed by atoms with Crippen molar-refractivity contribution in [3.63, 3.8) is 0 Å². The standard InChI is InChI=1S/C10H15IN2O2/c1-7(5-12(2)3)13-6-8(11)4-9(13)10(14)15/h4,6-7H,5H2,1-3H3,(H,14,15). The van der Waals surface area contributed by atoms with Crippen LogP contribution in [0, 0.1) is 3.57 Å². The van der Waals surface area contributed by atoms with Gasteiger partial charge in [-0.05, 0) is 49.7 Å². The highest BCUT2D eigenvalue weighted by Gasteiger charge is 2.16. The lowest BCUT2D eigenvalue weighted by molar-refractivity contribution is 0.0682. The zero-order valence-corrected chi connectivity index (χ0v) is 11.2. The fraction of sp³-hybridized carbons (Fsp3) is 0.500. The van der Waals surface area contributed by atoms with E-state index in [4.69, 9.17) is 5.11 Å². The molecule has 4 nitrogen and oxygen atoms in total. The van der Waals surface area contributed by atoms with E-state index in [1.807, 2.05) is 36.7 Å². The van der Waals surface area contributed by atoms with Gasteiger partial charge in [-0.1, -0.05) is 0 Å². The molecule has 0 aliphatic carbocycles. The van der Waals surface area contributed by atoms with Gasteiger partial charge in [-0.2, -0.15) is 0 Å². The van der Waals surface area contributed by atoms with Crippen LogP contribution in [-0.2, 0) is 0 Å². The summed E-state index contributed by atoms with van der Waals surface area (Å²) in [5, 5.41) is 9.02.